The van der Waals surface area contributed by atoms with E-state index in [0.717, 1.165) is 12.8 Å². The van der Waals surface area contributed by atoms with Crippen LogP contribution in [0.5, 0.6) is 6.01 Å². The Morgan fingerprint density at radius 1 is 1.19 bits per heavy atom. The molecule has 1 saturated heterocycles. The highest BCUT2D eigenvalue weighted by atomic mass is 35.5. The fourth-order valence-corrected chi connectivity index (χ4v) is 5.32. The molecule has 3 aromatic rings. The lowest BCUT2D eigenvalue weighted by Gasteiger charge is -2.46. The first kappa shape index (κ1) is 32.0. The van der Waals surface area contributed by atoms with E-state index in [0.29, 0.717) is 37.4 Å². The smallest absolute Gasteiger partial charge is 0.317 e. The molecule has 0 radical (unpaired) electrons. The minimum absolute atomic E-state index is 0.0199. The van der Waals surface area contributed by atoms with Crippen molar-refractivity contribution >= 4 is 40.6 Å². The fourth-order valence-electron chi connectivity index (χ4n) is 5.11. The maximum absolute atomic E-state index is 15.8. The number of ether oxygens (including phenoxy) is 1. The SMILES string of the molecule is CC[C@@H]1CN(c2cc(F)c(-n3cc(NC(=O)C(C)CCN)nn3)cc2NC(=O)c2cnc(OC)nc2Cl)C[C@H](CC)N1C. The van der Waals surface area contributed by atoms with Gasteiger partial charge in [0, 0.05) is 43.4 Å². The van der Waals surface area contributed by atoms with Crippen LogP contribution in [0.3, 0.4) is 0 Å². The zero-order valence-electron chi connectivity index (χ0n) is 25.0. The van der Waals surface area contributed by atoms with Crippen LogP contribution in [0, 0.1) is 11.7 Å². The number of benzene rings is 1. The van der Waals surface area contributed by atoms with E-state index in [-0.39, 0.29) is 52.1 Å². The van der Waals surface area contributed by atoms with Crippen LogP contribution < -0.4 is 26.0 Å². The van der Waals surface area contributed by atoms with E-state index in [9.17, 15) is 9.59 Å². The largest absolute Gasteiger partial charge is 0.467 e. The third-order valence-corrected chi connectivity index (χ3v) is 8.08. The molecule has 0 spiro atoms. The average Bonchev–Trinajstić information content (AvgIpc) is 3.45. The summed E-state index contributed by atoms with van der Waals surface area (Å²) in [4.78, 5) is 38.3. The number of nitrogens with one attached hydrogen (secondary N) is 2. The van der Waals surface area contributed by atoms with Gasteiger partial charge in [0.1, 0.15) is 10.8 Å². The van der Waals surface area contributed by atoms with Crippen molar-refractivity contribution in [3.8, 4) is 11.7 Å². The van der Waals surface area contributed by atoms with Crippen molar-refractivity contribution in [1.82, 2.24) is 29.9 Å². The molecule has 4 N–H and O–H groups in total. The van der Waals surface area contributed by atoms with Crippen LogP contribution in [0.2, 0.25) is 5.15 Å². The highest BCUT2D eigenvalue weighted by molar-refractivity contribution is 6.33. The number of likely N-dealkylation sites (N-methyl/N-ethyl adjacent to an activating group) is 1. The number of halogens is 2. The third-order valence-electron chi connectivity index (χ3n) is 7.80. The molecule has 1 aromatic carbocycles. The van der Waals surface area contributed by atoms with Gasteiger partial charge < -0.3 is 26.0 Å². The Labute approximate surface area is 254 Å². The molecule has 232 valence electrons. The highest BCUT2D eigenvalue weighted by Crippen LogP contribution is 2.35. The second kappa shape index (κ2) is 14.1. The Kier molecular flexibility index (Phi) is 10.5. The summed E-state index contributed by atoms with van der Waals surface area (Å²) in [5, 5.41) is 13.5. The van der Waals surface area contributed by atoms with Gasteiger partial charge in [-0.1, -0.05) is 37.6 Å². The lowest BCUT2D eigenvalue weighted by atomic mass is 10.0. The van der Waals surface area contributed by atoms with Gasteiger partial charge in [-0.05, 0) is 38.9 Å². The highest BCUT2D eigenvalue weighted by Gasteiger charge is 2.32. The molecule has 43 heavy (non-hydrogen) atoms. The maximum Gasteiger partial charge on any atom is 0.317 e. The van der Waals surface area contributed by atoms with Gasteiger partial charge >= 0.3 is 6.01 Å². The molecule has 2 amide bonds. The summed E-state index contributed by atoms with van der Waals surface area (Å²) in [6.07, 6.45) is 4.99. The molecule has 3 atom stereocenters. The molecular formula is C28H38ClFN10O3. The second-order valence-electron chi connectivity index (χ2n) is 10.5. The van der Waals surface area contributed by atoms with E-state index in [1.54, 1.807) is 6.92 Å². The molecular weight excluding hydrogens is 579 g/mol. The first-order valence-corrected chi connectivity index (χ1v) is 14.6. The Balaban J connectivity index is 1.72. The predicted octanol–water partition coefficient (Wildman–Crippen LogP) is 3.34. The standard InChI is InChI=1S/C28H38ClFN10O3/c1-6-17-13-39(14-18(7-2)38(17)4)23-10-20(30)22(40-15-24(36-37-40)34-26(41)16(3)8-9-31)11-21(23)33-27(42)19-12-32-28(43-5)35-25(19)29/h10-12,15-18H,6-9,13-14,31H2,1-5H3,(H,33,42)(H,34,41)/t16?,17-,18+. The van der Waals surface area contributed by atoms with Crippen LogP contribution >= 0.6 is 11.6 Å². The summed E-state index contributed by atoms with van der Waals surface area (Å²) >= 11 is 6.26. The van der Waals surface area contributed by atoms with Gasteiger partial charge in [0.05, 0.1) is 30.2 Å². The lowest BCUT2D eigenvalue weighted by Crippen LogP contribution is -2.57. The number of methoxy groups -OCH3 is 1. The minimum atomic E-state index is -0.585. The predicted molar refractivity (Wildman–Crippen MR) is 162 cm³/mol. The Bertz CT molecular complexity index is 1440. The first-order chi connectivity index (χ1) is 20.6. The van der Waals surface area contributed by atoms with Gasteiger partial charge in [-0.15, -0.1) is 5.10 Å². The van der Waals surface area contributed by atoms with Gasteiger partial charge in [-0.3, -0.25) is 14.5 Å². The van der Waals surface area contributed by atoms with Gasteiger partial charge in [0.15, 0.2) is 11.6 Å². The normalized spacial score (nSPS) is 17.9. The van der Waals surface area contributed by atoms with E-state index in [1.165, 1.54) is 36.3 Å². The number of aromatic nitrogens is 5. The molecule has 3 heterocycles. The molecule has 0 saturated carbocycles. The van der Waals surface area contributed by atoms with E-state index >= 15 is 4.39 Å². The van der Waals surface area contributed by atoms with Crippen molar-refractivity contribution in [3.05, 3.63) is 41.1 Å². The van der Waals surface area contributed by atoms with Gasteiger partial charge in [-0.25, -0.2) is 14.1 Å². The summed E-state index contributed by atoms with van der Waals surface area (Å²) in [6.45, 7) is 7.63. The molecule has 0 aliphatic carbocycles. The lowest BCUT2D eigenvalue weighted by molar-refractivity contribution is -0.119. The number of piperazine rings is 1. The number of hydrogen-bond acceptors (Lipinski definition) is 10. The first-order valence-electron chi connectivity index (χ1n) is 14.2. The topological polar surface area (TPSA) is 156 Å². The van der Waals surface area contributed by atoms with Crippen LogP contribution in [-0.2, 0) is 4.79 Å². The van der Waals surface area contributed by atoms with Crippen molar-refractivity contribution in [2.24, 2.45) is 11.7 Å². The third kappa shape index (κ3) is 7.20. The Hall–Kier alpha value is -3.88. The molecule has 4 rings (SSSR count). The van der Waals surface area contributed by atoms with E-state index in [1.807, 2.05) is 0 Å². The van der Waals surface area contributed by atoms with Gasteiger partial charge in [0.2, 0.25) is 5.91 Å². The molecule has 15 heteroatoms. The van der Waals surface area contributed by atoms with E-state index in [4.69, 9.17) is 22.1 Å². The van der Waals surface area contributed by atoms with Crippen LogP contribution in [0.1, 0.15) is 50.4 Å². The van der Waals surface area contributed by atoms with E-state index < -0.39 is 11.7 Å². The molecule has 13 nitrogen and oxygen atoms in total. The minimum Gasteiger partial charge on any atom is -0.467 e. The van der Waals surface area contributed by atoms with Crippen molar-refractivity contribution in [1.29, 1.82) is 0 Å². The molecule has 0 bridgehead atoms. The van der Waals surface area contributed by atoms with Crippen LogP contribution in [0.4, 0.5) is 21.6 Å². The second-order valence-corrected chi connectivity index (χ2v) is 10.9. The number of carbonyl (C=O) groups is 2. The van der Waals surface area contributed by atoms with Crippen LogP contribution in [-0.4, -0.2) is 87.6 Å². The van der Waals surface area contributed by atoms with Crippen LogP contribution in [0.15, 0.2) is 24.5 Å². The number of nitrogens with zero attached hydrogens (tertiary/aromatic N) is 7. The monoisotopic (exact) mass is 616 g/mol. The van der Waals surface area contributed by atoms with Crippen LogP contribution in [0.25, 0.3) is 5.69 Å². The number of anilines is 3. The quantitative estimate of drug-likeness (QED) is 0.273. The van der Waals surface area contributed by atoms with Crippen molar-refractivity contribution in [2.75, 3.05) is 49.3 Å². The molecule has 1 aliphatic heterocycles. The molecule has 1 aliphatic rings. The summed E-state index contributed by atoms with van der Waals surface area (Å²) < 4.78 is 22.0. The summed E-state index contributed by atoms with van der Waals surface area (Å²) in [6, 6.07) is 3.35. The molecule has 1 unspecified atom stereocenters. The maximum atomic E-state index is 15.8. The van der Waals surface area contributed by atoms with Gasteiger partial charge in [-0.2, -0.15) is 4.98 Å². The van der Waals surface area contributed by atoms with Crippen molar-refractivity contribution in [2.45, 2.75) is 52.1 Å². The van der Waals surface area contributed by atoms with Crippen molar-refractivity contribution < 1.29 is 18.7 Å². The number of hydrogen-bond donors (Lipinski definition) is 3. The van der Waals surface area contributed by atoms with E-state index in [2.05, 4.69) is 61.6 Å². The van der Waals surface area contributed by atoms with Gasteiger partial charge in [0.25, 0.3) is 5.91 Å². The molecule has 1 fully saturated rings. The number of carbonyl (C=O) groups excluding carboxylic acids is 2. The summed E-state index contributed by atoms with van der Waals surface area (Å²) in [7, 11) is 3.50. The number of nitrogens with two attached hydrogens (primary N) is 1. The number of rotatable bonds is 11. The zero-order valence-corrected chi connectivity index (χ0v) is 25.7. The Morgan fingerprint density at radius 2 is 1.88 bits per heavy atom. The Morgan fingerprint density at radius 3 is 2.49 bits per heavy atom. The summed E-state index contributed by atoms with van der Waals surface area (Å²) in [5.41, 5.74) is 6.44. The molecule has 2 aromatic heterocycles. The van der Waals surface area contributed by atoms with Crippen molar-refractivity contribution in [3.63, 3.8) is 0 Å². The average molecular weight is 617 g/mol. The fraction of sp³-hybridized carbons (Fsp3) is 0.500. The number of amides is 2. The zero-order chi connectivity index (χ0) is 31.3. The summed E-state index contributed by atoms with van der Waals surface area (Å²) in [5.74, 6) is -1.62.